The van der Waals surface area contributed by atoms with Crippen molar-refractivity contribution in [1.29, 1.82) is 0 Å². The van der Waals surface area contributed by atoms with Gasteiger partial charge < -0.3 is 10.6 Å². The van der Waals surface area contributed by atoms with Gasteiger partial charge in [0.1, 0.15) is 0 Å². The van der Waals surface area contributed by atoms with E-state index in [-0.39, 0.29) is 11.9 Å². The smallest absolute Gasteiger partial charge is 0.236 e. The molecule has 0 aromatic rings. The minimum Gasteiger partial charge on any atom is -0.355 e. The lowest BCUT2D eigenvalue weighted by atomic mass is 10.1. The first-order valence-corrected chi connectivity index (χ1v) is 7.08. The number of hydrogen-bond donors (Lipinski definition) is 2. The van der Waals surface area contributed by atoms with Crippen molar-refractivity contribution in [2.75, 3.05) is 6.54 Å². The van der Waals surface area contributed by atoms with Gasteiger partial charge in [-0.1, -0.05) is 27.2 Å². The van der Waals surface area contributed by atoms with Gasteiger partial charge in [-0.15, -0.1) is 0 Å². The maximum absolute atomic E-state index is 11.8. The molecule has 0 saturated heterocycles. The minimum atomic E-state index is -0.0472. The summed E-state index contributed by atoms with van der Waals surface area (Å²) >= 11 is 0. The first kappa shape index (κ1) is 14.5. The average molecular weight is 240 g/mol. The molecule has 0 aromatic carbocycles. The summed E-state index contributed by atoms with van der Waals surface area (Å²) in [5, 5.41) is 6.41. The van der Waals surface area contributed by atoms with E-state index >= 15 is 0 Å². The lowest BCUT2D eigenvalue weighted by Gasteiger charge is -2.14. The number of rotatable bonds is 8. The highest BCUT2D eigenvalue weighted by Gasteiger charge is 2.37. The van der Waals surface area contributed by atoms with Crippen LogP contribution in [0.15, 0.2) is 0 Å². The van der Waals surface area contributed by atoms with Crippen LogP contribution in [0.1, 0.15) is 53.4 Å². The second-order valence-electron chi connectivity index (χ2n) is 5.75. The molecule has 0 radical (unpaired) electrons. The fourth-order valence-electron chi connectivity index (χ4n) is 2.18. The summed E-state index contributed by atoms with van der Waals surface area (Å²) in [7, 11) is 0. The third-order valence-electron chi connectivity index (χ3n) is 3.46. The quantitative estimate of drug-likeness (QED) is 0.683. The molecule has 0 bridgehead atoms. The van der Waals surface area contributed by atoms with Crippen molar-refractivity contribution in [2.24, 2.45) is 11.8 Å². The Morgan fingerprint density at radius 3 is 2.65 bits per heavy atom. The van der Waals surface area contributed by atoms with Gasteiger partial charge in [0.2, 0.25) is 5.91 Å². The second-order valence-corrected chi connectivity index (χ2v) is 5.75. The molecule has 1 aliphatic carbocycles. The molecule has 0 heterocycles. The Kier molecular flexibility index (Phi) is 5.96. The average Bonchev–Trinajstić information content (AvgIpc) is 2.96. The summed E-state index contributed by atoms with van der Waals surface area (Å²) in [6.07, 6.45) is 4.84. The largest absolute Gasteiger partial charge is 0.355 e. The van der Waals surface area contributed by atoms with Gasteiger partial charge in [0.15, 0.2) is 0 Å². The molecule has 3 heteroatoms. The van der Waals surface area contributed by atoms with Crippen molar-refractivity contribution in [3.8, 4) is 0 Å². The first-order valence-electron chi connectivity index (χ1n) is 7.08. The third-order valence-corrected chi connectivity index (χ3v) is 3.46. The van der Waals surface area contributed by atoms with Crippen molar-refractivity contribution < 1.29 is 4.79 Å². The molecule has 1 rings (SSSR count). The monoisotopic (exact) mass is 240 g/mol. The molecule has 2 N–H and O–H groups in total. The Morgan fingerprint density at radius 2 is 2.06 bits per heavy atom. The zero-order valence-corrected chi connectivity index (χ0v) is 11.8. The van der Waals surface area contributed by atoms with Crippen LogP contribution in [0, 0.1) is 11.8 Å². The predicted molar refractivity (Wildman–Crippen MR) is 71.9 cm³/mol. The van der Waals surface area contributed by atoms with Gasteiger partial charge in [0, 0.05) is 12.6 Å². The van der Waals surface area contributed by atoms with Crippen molar-refractivity contribution >= 4 is 5.91 Å². The Bertz CT molecular complexity index is 240. The zero-order valence-electron chi connectivity index (χ0n) is 11.8. The van der Waals surface area contributed by atoms with E-state index in [1.807, 2.05) is 6.92 Å². The van der Waals surface area contributed by atoms with Crippen LogP contribution < -0.4 is 10.6 Å². The van der Waals surface area contributed by atoms with E-state index in [0.29, 0.717) is 12.0 Å². The number of hydrogen-bond acceptors (Lipinski definition) is 2. The van der Waals surface area contributed by atoms with Crippen molar-refractivity contribution in [2.45, 2.75) is 65.5 Å². The minimum absolute atomic E-state index is 0.0472. The molecule has 3 unspecified atom stereocenters. The Hall–Kier alpha value is -0.570. The molecule has 3 nitrogen and oxygen atoms in total. The number of nitrogens with one attached hydrogen (secondary N) is 2. The molecule has 100 valence electrons. The van der Waals surface area contributed by atoms with E-state index in [9.17, 15) is 4.79 Å². The summed E-state index contributed by atoms with van der Waals surface area (Å²) in [5.41, 5.74) is 0. The SMILES string of the molecule is CCCC1CC1NC(C)C(=O)NCCC(C)C. The van der Waals surface area contributed by atoms with Crippen LogP contribution >= 0.6 is 0 Å². The molecule has 3 atom stereocenters. The molecule has 17 heavy (non-hydrogen) atoms. The van der Waals surface area contributed by atoms with Crippen LogP contribution in [0.5, 0.6) is 0 Å². The highest BCUT2D eigenvalue weighted by molar-refractivity contribution is 5.81. The van der Waals surface area contributed by atoms with Crippen LogP contribution in [0.25, 0.3) is 0 Å². The molecule has 0 aliphatic heterocycles. The number of carbonyl (C=O) groups excluding carboxylic acids is 1. The van der Waals surface area contributed by atoms with E-state index in [4.69, 9.17) is 0 Å². The molecule has 0 aromatic heterocycles. The normalized spacial score (nSPS) is 24.8. The second kappa shape index (κ2) is 7.00. The molecule has 1 aliphatic rings. The molecule has 1 fully saturated rings. The summed E-state index contributed by atoms with van der Waals surface area (Å²) in [6.45, 7) is 9.33. The Labute approximate surface area is 106 Å². The van der Waals surface area contributed by atoms with Crippen molar-refractivity contribution in [3.05, 3.63) is 0 Å². The van der Waals surface area contributed by atoms with Gasteiger partial charge >= 0.3 is 0 Å². The van der Waals surface area contributed by atoms with E-state index < -0.39 is 0 Å². The van der Waals surface area contributed by atoms with Gasteiger partial charge in [-0.2, -0.15) is 0 Å². The lowest BCUT2D eigenvalue weighted by molar-refractivity contribution is -0.122. The first-order chi connectivity index (χ1) is 8.04. The number of amides is 1. The van der Waals surface area contributed by atoms with Crippen LogP contribution in [-0.4, -0.2) is 24.5 Å². The fourth-order valence-corrected chi connectivity index (χ4v) is 2.18. The lowest BCUT2D eigenvalue weighted by Crippen LogP contribution is -2.43. The van der Waals surface area contributed by atoms with Gasteiger partial charge in [-0.05, 0) is 38.0 Å². The van der Waals surface area contributed by atoms with E-state index in [0.717, 1.165) is 18.9 Å². The summed E-state index contributed by atoms with van der Waals surface area (Å²) in [4.78, 5) is 11.8. The summed E-state index contributed by atoms with van der Waals surface area (Å²) < 4.78 is 0. The Morgan fingerprint density at radius 1 is 1.35 bits per heavy atom. The van der Waals surface area contributed by atoms with Crippen molar-refractivity contribution in [1.82, 2.24) is 10.6 Å². The highest BCUT2D eigenvalue weighted by atomic mass is 16.2. The maximum Gasteiger partial charge on any atom is 0.236 e. The highest BCUT2D eigenvalue weighted by Crippen LogP contribution is 2.34. The Balaban J connectivity index is 2.11. The molecule has 1 saturated carbocycles. The fraction of sp³-hybridized carbons (Fsp3) is 0.929. The van der Waals surface area contributed by atoms with E-state index in [1.165, 1.54) is 19.3 Å². The summed E-state index contributed by atoms with van der Waals surface area (Å²) in [5.74, 6) is 1.61. The van der Waals surface area contributed by atoms with E-state index in [2.05, 4.69) is 31.4 Å². The topological polar surface area (TPSA) is 41.1 Å². The molecular formula is C14H28N2O. The third kappa shape index (κ3) is 5.53. The van der Waals surface area contributed by atoms with Crippen LogP contribution in [-0.2, 0) is 4.79 Å². The number of carbonyl (C=O) groups is 1. The zero-order chi connectivity index (χ0) is 12.8. The van der Waals surface area contributed by atoms with Gasteiger partial charge in [0.25, 0.3) is 0 Å². The molecule has 1 amide bonds. The van der Waals surface area contributed by atoms with Crippen LogP contribution in [0.2, 0.25) is 0 Å². The standard InChI is InChI=1S/C14H28N2O/c1-5-6-12-9-13(12)16-11(4)14(17)15-8-7-10(2)3/h10-13,16H,5-9H2,1-4H3,(H,15,17). The van der Waals surface area contributed by atoms with Gasteiger partial charge in [-0.25, -0.2) is 0 Å². The maximum atomic E-state index is 11.8. The van der Waals surface area contributed by atoms with Crippen LogP contribution in [0.3, 0.4) is 0 Å². The van der Waals surface area contributed by atoms with E-state index in [1.54, 1.807) is 0 Å². The van der Waals surface area contributed by atoms with Crippen molar-refractivity contribution in [3.63, 3.8) is 0 Å². The van der Waals surface area contributed by atoms with Gasteiger partial charge in [0.05, 0.1) is 6.04 Å². The predicted octanol–water partition coefficient (Wildman–Crippen LogP) is 2.32. The molecule has 0 spiro atoms. The molecular weight excluding hydrogens is 212 g/mol. The van der Waals surface area contributed by atoms with Gasteiger partial charge in [-0.3, -0.25) is 4.79 Å². The summed E-state index contributed by atoms with van der Waals surface area (Å²) in [6, 6.07) is 0.537. The van der Waals surface area contributed by atoms with Crippen LogP contribution in [0.4, 0.5) is 0 Å².